The van der Waals surface area contributed by atoms with Crippen LogP contribution in [0.5, 0.6) is 0 Å². The van der Waals surface area contributed by atoms with Gasteiger partial charge < -0.3 is 9.80 Å². The van der Waals surface area contributed by atoms with E-state index in [1.54, 1.807) is 4.90 Å². The summed E-state index contributed by atoms with van der Waals surface area (Å²) in [7, 11) is 0. The summed E-state index contributed by atoms with van der Waals surface area (Å²) < 4.78 is 0. The van der Waals surface area contributed by atoms with Crippen molar-refractivity contribution in [2.24, 2.45) is 11.3 Å². The van der Waals surface area contributed by atoms with Crippen molar-refractivity contribution in [1.29, 1.82) is 0 Å². The second-order valence-electron chi connectivity index (χ2n) is 7.24. The number of likely N-dealkylation sites (tertiary alicyclic amines) is 2. The number of rotatable bonds is 3. The number of hydrogen-bond donors (Lipinski definition) is 1. The van der Waals surface area contributed by atoms with Crippen LogP contribution in [0.25, 0.3) is 0 Å². The third-order valence-corrected chi connectivity index (χ3v) is 5.79. The molecule has 1 aromatic rings. The van der Waals surface area contributed by atoms with E-state index in [1.165, 1.54) is 25.6 Å². The smallest absolute Gasteiger partial charge is 0.291 e. The second kappa shape index (κ2) is 5.62. The Balaban J connectivity index is 1.45. The van der Waals surface area contributed by atoms with Gasteiger partial charge >= 0.3 is 0 Å². The van der Waals surface area contributed by atoms with Crippen molar-refractivity contribution in [2.45, 2.75) is 38.5 Å². The van der Waals surface area contributed by atoms with E-state index in [-0.39, 0.29) is 23.1 Å². The molecule has 2 saturated heterocycles. The molecule has 0 unspecified atom stereocenters. The van der Waals surface area contributed by atoms with Gasteiger partial charge in [-0.05, 0) is 38.0 Å². The normalized spacial score (nSPS) is 28.4. The van der Waals surface area contributed by atoms with Crippen LogP contribution >= 0.6 is 0 Å². The van der Waals surface area contributed by atoms with Gasteiger partial charge in [-0.1, -0.05) is 6.42 Å². The minimum absolute atomic E-state index is 0.150. The summed E-state index contributed by atoms with van der Waals surface area (Å²) in [4.78, 5) is 33.2. The minimum Gasteiger partial charge on any atom is -0.342 e. The van der Waals surface area contributed by atoms with E-state index in [2.05, 4.69) is 20.1 Å². The van der Waals surface area contributed by atoms with Gasteiger partial charge in [0.25, 0.3) is 5.91 Å². The Kier molecular flexibility index (Phi) is 3.58. The summed E-state index contributed by atoms with van der Waals surface area (Å²) in [6.45, 7) is 2.94. The highest BCUT2D eigenvalue weighted by molar-refractivity contribution is 5.92. The van der Waals surface area contributed by atoms with Crippen LogP contribution in [0.1, 0.15) is 49.1 Å². The molecule has 3 aliphatic rings. The molecule has 1 aliphatic carbocycles. The quantitative estimate of drug-likeness (QED) is 0.903. The maximum absolute atomic E-state index is 13.0. The van der Waals surface area contributed by atoms with Crippen LogP contribution in [0.15, 0.2) is 6.33 Å². The lowest BCUT2D eigenvalue weighted by atomic mass is 9.77. The molecule has 1 atom stereocenters. The Morgan fingerprint density at radius 1 is 1.30 bits per heavy atom. The topological polar surface area (TPSA) is 82.2 Å². The van der Waals surface area contributed by atoms with Crippen LogP contribution in [-0.2, 0) is 4.79 Å². The number of hydrogen-bond acceptors (Lipinski definition) is 4. The van der Waals surface area contributed by atoms with E-state index in [0.717, 1.165) is 32.4 Å². The Hall–Kier alpha value is -1.92. The van der Waals surface area contributed by atoms with E-state index in [1.807, 2.05) is 0 Å². The van der Waals surface area contributed by atoms with Crippen LogP contribution in [0.2, 0.25) is 0 Å². The number of nitrogens with zero attached hydrogens (tertiary/aromatic N) is 4. The van der Waals surface area contributed by atoms with Gasteiger partial charge in [0.05, 0.1) is 5.41 Å². The first-order valence-electron chi connectivity index (χ1n) is 8.62. The first-order valence-corrected chi connectivity index (χ1v) is 8.62. The molecule has 4 rings (SSSR count). The van der Waals surface area contributed by atoms with Gasteiger partial charge in [-0.3, -0.25) is 14.7 Å². The van der Waals surface area contributed by atoms with E-state index in [4.69, 9.17) is 0 Å². The van der Waals surface area contributed by atoms with Crippen molar-refractivity contribution in [3.05, 3.63) is 12.2 Å². The lowest BCUT2D eigenvalue weighted by molar-refractivity contribution is -0.146. The van der Waals surface area contributed by atoms with Gasteiger partial charge in [-0.15, -0.1) is 0 Å². The number of aromatic nitrogens is 3. The van der Waals surface area contributed by atoms with Gasteiger partial charge in [0, 0.05) is 26.2 Å². The molecule has 7 heteroatoms. The SMILES string of the molecule is O=C(c1ncn[nH]1)N1CC[C@@]2(CCCN(CC3CCC3)C2=O)C1. The summed E-state index contributed by atoms with van der Waals surface area (Å²) >= 11 is 0. The fourth-order valence-electron chi connectivity index (χ4n) is 4.20. The Morgan fingerprint density at radius 3 is 2.87 bits per heavy atom. The molecular weight excluding hydrogens is 294 g/mol. The lowest BCUT2D eigenvalue weighted by Gasteiger charge is -2.42. The largest absolute Gasteiger partial charge is 0.342 e. The fourth-order valence-corrected chi connectivity index (χ4v) is 4.20. The zero-order valence-corrected chi connectivity index (χ0v) is 13.3. The molecule has 1 N–H and O–H groups in total. The zero-order valence-electron chi connectivity index (χ0n) is 13.3. The van der Waals surface area contributed by atoms with Crippen LogP contribution in [-0.4, -0.2) is 63.0 Å². The molecule has 124 valence electrons. The first-order chi connectivity index (χ1) is 11.2. The third kappa shape index (κ3) is 2.52. The number of aromatic amines is 1. The van der Waals surface area contributed by atoms with Gasteiger partial charge in [-0.2, -0.15) is 5.10 Å². The molecule has 7 nitrogen and oxygen atoms in total. The summed E-state index contributed by atoms with van der Waals surface area (Å²) in [5.41, 5.74) is -0.363. The molecule has 1 aromatic heterocycles. The Labute approximate surface area is 135 Å². The molecule has 3 heterocycles. The van der Waals surface area contributed by atoms with Crippen LogP contribution in [0, 0.1) is 11.3 Å². The molecule has 1 spiro atoms. The highest BCUT2D eigenvalue weighted by Gasteiger charge is 2.50. The highest BCUT2D eigenvalue weighted by atomic mass is 16.2. The maximum Gasteiger partial charge on any atom is 0.291 e. The van der Waals surface area contributed by atoms with E-state index < -0.39 is 0 Å². The van der Waals surface area contributed by atoms with Gasteiger partial charge in [0.1, 0.15) is 6.33 Å². The zero-order chi connectivity index (χ0) is 15.9. The minimum atomic E-state index is -0.363. The number of piperidine rings is 1. The average molecular weight is 317 g/mol. The standard InChI is InChI=1S/C16H23N5O2/c22-14(13-17-11-18-19-13)21-8-6-16(10-21)5-2-7-20(15(16)23)9-12-3-1-4-12/h11-12H,1-10H2,(H,17,18,19)/t16-/m0/s1. The monoisotopic (exact) mass is 317 g/mol. The second-order valence-corrected chi connectivity index (χ2v) is 7.24. The van der Waals surface area contributed by atoms with Crippen molar-refractivity contribution in [3.63, 3.8) is 0 Å². The predicted octanol–water partition coefficient (Wildman–Crippen LogP) is 1.06. The first kappa shape index (κ1) is 14.7. The third-order valence-electron chi connectivity index (χ3n) is 5.79. The number of carbonyl (C=O) groups is 2. The van der Waals surface area contributed by atoms with Crippen molar-refractivity contribution in [3.8, 4) is 0 Å². The summed E-state index contributed by atoms with van der Waals surface area (Å²) in [6, 6.07) is 0. The molecule has 0 radical (unpaired) electrons. The molecule has 1 saturated carbocycles. The van der Waals surface area contributed by atoms with Gasteiger partial charge in [0.2, 0.25) is 11.7 Å². The van der Waals surface area contributed by atoms with Crippen molar-refractivity contribution in [2.75, 3.05) is 26.2 Å². The molecular formula is C16H23N5O2. The van der Waals surface area contributed by atoms with Crippen molar-refractivity contribution >= 4 is 11.8 Å². The molecule has 0 bridgehead atoms. The van der Waals surface area contributed by atoms with Crippen molar-refractivity contribution < 1.29 is 9.59 Å². The van der Waals surface area contributed by atoms with Gasteiger partial charge in [0.15, 0.2) is 0 Å². The molecule has 0 aromatic carbocycles. The van der Waals surface area contributed by atoms with Crippen LogP contribution in [0.3, 0.4) is 0 Å². The molecule has 3 fully saturated rings. The van der Waals surface area contributed by atoms with E-state index in [0.29, 0.717) is 19.0 Å². The molecule has 2 aliphatic heterocycles. The maximum atomic E-state index is 13.0. The Morgan fingerprint density at radius 2 is 2.17 bits per heavy atom. The molecule has 2 amide bonds. The molecule has 23 heavy (non-hydrogen) atoms. The summed E-state index contributed by atoms with van der Waals surface area (Å²) in [5.74, 6) is 1.07. The number of amides is 2. The summed E-state index contributed by atoms with van der Waals surface area (Å²) in [5, 5.41) is 6.35. The number of nitrogens with one attached hydrogen (secondary N) is 1. The van der Waals surface area contributed by atoms with E-state index in [9.17, 15) is 9.59 Å². The highest BCUT2D eigenvalue weighted by Crippen LogP contribution is 2.41. The van der Waals surface area contributed by atoms with Crippen LogP contribution in [0.4, 0.5) is 0 Å². The average Bonchev–Trinajstić information content (AvgIpc) is 3.17. The predicted molar refractivity (Wildman–Crippen MR) is 82.5 cm³/mol. The number of H-pyrrole nitrogens is 1. The summed E-state index contributed by atoms with van der Waals surface area (Å²) in [6.07, 6.45) is 7.87. The lowest BCUT2D eigenvalue weighted by Crippen LogP contribution is -2.52. The van der Waals surface area contributed by atoms with Gasteiger partial charge in [-0.25, -0.2) is 4.98 Å². The Bertz CT molecular complexity index is 598. The van der Waals surface area contributed by atoms with Crippen molar-refractivity contribution in [1.82, 2.24) is 25.0 Å². The van der Waals surface area contributed by atoms with Crippen LogP contribution < -0.4 is 0 Å². The van der Waals surface area contributed by atoms with E-state index >= 15 is 0 Å². The fraction of sp³-hybridized carbons (Fsp3) is 0.750. The number of carbonyl (C=O) groups excluding carboxylic acids is 2.